The van der Waals surface area contributed by atoms with Gasteiger partial charge in [0.1, 0.15) is 5.75 Å². The van der Waals surface area contributed by atoms with Crippen LogP contribution in [0.2, 0.25) is 0 Å². The predicted molar refractivity (Wildman–Crippen MR) is 124 cm³/mol. The second kappa shape index (κ2) is 15.0. The Morgan fingerprint density at radius 1 is 0.933 bits per heavy atom. The highest BCUT2D eigenvalue weighted by Gasteiger charge is 2.04. The summed E-state index contributed by atoms with van der Waals surface area (Å²) in [4.78, 5) is 15.6. The van der Waals surface area contributed by atoms with E-state index in [-0.39, 0.29) is 11.6 Å². The third-order valence-electron chi connectivity index (χ3n) is 4.38. The monoisotopic (exact) mass is 410 g/mol. The number of ketones is 1. The number of hydrogen-bond acceptors (Lipinski definition) is 4. The van der Waals surface area contributed by atoms with Crippen molar-refractivity contribution in [2.75, 3.05) is 6.61 Å². The summed E-state index contributed by atoms with van der Waals surface area (Å²) in [6.07, 6.45) is 7.61. The Hall–Kier alpha value is -2.95. The summed E-state index contributed by atoms with van der Waals surface area (Å²) in [7, 11) is 0. The number of carbonyl (C=O) groups excluding carboxylic acids is 1. The maximum atomic E-state index is 11.3. The molecule has 0 heterocycles. The van der Waals surface area contributed by atoms with E-state index in [1.165, 1.54) is 32.6 Å². The van der Waals surface area contributed by atoms with Gasteiger partial charge in [0.15, 0.2) is 11.6 Å². The summed E-state index contributed by atoms with van der Waals surface area (Å²) in [5.41, 5.74) is 2.15. The van der Waals surface area contributed by atoms with E-state index in [1.807, 2.05) is 38.1 Å². The van der Waals surface area contributed by atoms with Gasteiger partial charge >= 0.3 is 0 Å². The van der Waals surface area contributed by atoms with Crippen LogP contribution in [-0.2, 0) is 0 Å². The Morgan fingerprint density at radius 2 is 1.53 bits per heavy atom. The molecule has 0 saturated heterocycles. The summed E-state index contributed by atoms with van der Waals surface area (Å²) < 4.78 is 5.75. The lowest BCUT2D eigenvalue weighted by Crippen LogP contribution is -2.00. The smallest absolute Gasteiger partial charge is 0.198 e. The van der Waals surface area contributed by atoms with Gasteiger partial charge in [-0.25, -0.2) is 4.99 Å². The van der Waals surface area contributed by atoms with Gasteiger partial charge in [0.05, 0.1) is 6.61 Å². The Kier molecular flexibility index (Phi) is 12.5. The number of benzene rings is 2. The molecule has 0 atom stereocenters. The molecule has 0 saturated carbocycles. The van der Waals surface area contributed by atoms with Gasteiger partial charge in [-0.3, -0.25) is 4.79 Å². The van der Waals surface area contributed by atoms with Crippen LogP contribution >= 0.6 is 0 Å². The lowest BCUT2D eigenvalue weighted by Gasteiger charge is -2.07. The Morgan fingerprint density at radius 3 is 2.10 bits per heavy atom. The number of rotatable bonds is 10. The quantitative estimate of drug-likeness (QED) is 0.121. The van der Waals surface area contributed by atoms with Crippen LogP contribution in [0.3, 0.4) is 0 Å². The third-order valence-corrected chi connectivity index (χ3v) is 4.38. The number of aliphatic imine (C=N–C) groups is 1. The molecule has 0 amide bonds. The van der Waals surface area contributed by atoms with Crippen molar-refractivity contribution >= 4 is 17.8 Å². The van der Waals surface area contributed by atoms with E-state index >= 15 is 0 Å². The highest BCUT2D eigenvalue weighted by molar-refractivity contribution is 6.05. The van der Waals surface area contributed by atoms with E-state index in [2.05, 4.69) is 17.1 Å². The number of hydrogen-bond donors (Lipinski definition) is 1. The largest absolute Gasteiger partial charge is 0.494 e. The van der Waals surface area contributed by atoms with Crippen molar-refractivity contribution in [3.8, 4) is 5.75 Å². The SMILES string of the molecule is CC.CCCCCCCOc1ccc(/C(N=Cc2ccc(C(C)=O)cc2)=N/O)cc1. The molecule has 0 spiro atoms. The first kappa shape index (κ1) is 25.1. The molecule has 0 aliphatic rings. The molecule has 162 valence electrons. The molecule has 2 aromatic carbocycles. The number of unbranched alkanes of at least 4 members (excludes halogenated alkanes) is 4. The van der Waals surface area contributed by atoms with E-state index in [1.54, 1.807) is 30.5 Å². The standard InChI is InChI=1S/C23H28N2O3.C2H6/c1-3-4-5-6-7-16-28-22-14-12-21(13-15-22)23(25-27)24-17-19-8-10-20(11-9-19)18(2)26;1-2/h8-15,17,27H,3-7,16H2,1-2H3;1-2H3/b24-17?,25-23-;. The fourth-order valence-electron chi connectivity index (χ4n) is 2.69. The molecule has 0 fully saturated rings. The van der Waals surface area contributed by atoms with Crippen molar-refractivity contribution in [2.45, 2.75) is 59.8 Å². The highest BCUT2D eigenvalue weighted by atomic mass is 16.5. The minimum absolute atomic E-state index is 0.0179. The first-order valence-electron chi connectivity index (χ1n) is 10.7. The molecule has 5 nitrogen and oxygen atoms in total. The minimum Gasteiger partial charge on any atom is -0.494 e. The van der Waals surface area contributed by atoms with E-state index < -0.39 is 0 Å². The molecule has 5 heteroatoms. The van der Waals surface area contributed by atoms with Gasteiger partial charge in [0, 0.05) is 17.3 Å². The summed E-state index contributed by atoms with van der Waals surface area (Å²) in [6.45, 7) is 8.44. The summed E-state index contributed by atoms with van der Waals surface area (Å²) in [5, 5.41) is 12.6. The van der Waals surface area contributed by atoms with Gasteiger partial charge in [-0.1, -0.05) is 75.9 Å². The van der Waals surface area contributed by atoms with Crippen molar-refractivity contribution in [3.05, 3.63) is 65.2 Å². The Balaban J connectivity index is 0.00000218. The number of nitrogens with zero attached hydrogens (tertiary/aromatic N) is 2. The second-order valence-corrected chi connectivity index (χ2v) is 6.65. The Bertz CT molecular complexity index is 794. The molecule has 0 radical (unpaired) electrons. The van der Waals surface area contributed by atoms with Crippen LogP contribution in [0.1, 0.15) is 81.3 Å². The number of ether oxygens (including phenoxy) is 1. The molecular weight excluding hydrogens is 376 g/mol. The zero-order valence-electron chi connectivity index (χ0n) is 18.6. The minimum atomic E-state index is 0.0179. The molecule has 0 aliphatic heterocycles. The van der Waals surface area contributed by atoms with Crippen LogP contribution in [0.25, 0.3) is 0 Å². The van der Waals surface area contributed by atoms with Gasteiger partial charge in [0.25, 0.3) is 0 Å². The Labute approximate surface area is 180 Å². The summed E-state index contributed by atoms with van der Waals surface area (Å²) >= 11 is 0. The van der Waals surface area contributed by atoms with Gasteiger partial charge in [0.2, 0.25) is 0 Å². The zero-order valence-corrected chi connectivity index (χ0v) is 18.6. The van der Waals surface area contributed by atoms with Crippen molar-refractivity contribution < 1.29 is 14.7 Å². The fraction of sp³-hybridized carbons (Fsp3) is 0.400. The van der Waals surface area contributed by atoms with E-state index in [0.717, 1.165) is 17.7 Å². The highest BCUT2D eigenvalue weighted by Crippen LogP contribution is 2.14. The second-order valence-electron chi connectivity index (χ2n) is 6.65. The predicted octanol–water partition coefficient (Wildman–Crippen LogP) is 6.52. The number of Topliss-reactive ketones (excluding diaryl/α,β-unsaturated/α-hetero) is 1. The van der Waals surface area contributed by atoms with E-state index in [0.29, 0.717) is 17.7 Å². The van der Waals surface area contributed by atoms with E-state index in [4.69, 9.17) is 4.74 Å². The summed E-state index contributed by atoms with van der Waals surface area (Å²) in [5.74, 6) is 1.02. The molecule has 2 aromatic rings. The van der Waals surface area contributed by atoms with Gasteiger partial charge < -0.3 is 9.94 Å². The van der Waals surface area contributed by atoms with E-state index in [9.17, 15) is 10.0 Å². The number of amidine groups is 1. The van der Waals surface area contributed by atoms with Gasteiger partial charge in [-0.15, -0.1) is 0 Å². The normalized spacial score (nSPS) is 11.1. The van der Waals surface area contributed by atoms with Crippen LogP contribution in [0.15, 0.2) is 58.7 Å². The van der Waals surface area contributed by atoms with Gasteiger partial charge in [-0.2, -0.15) is 0 Å². The molecule has 2 rings (SSSR count). The maximum absolute atomic E-state index is 11.3. The molecular formula is C25H34N2O3. The topological polar surface area (TPSA) is 71.2 Å². The molecule has 1 N–H and O–H groups in total. The van der Waals surface area contributed by atoms with Crippen LogP contribution in [0, 0.1) is 0 Å². The van der Waals surface area contributed by atoms with Crippen LogP contribution in [0.4, 0.5) is 0 Å². The van der Waals surface area contributed by atoms with Crippen molar-refractivity contribution in [1.82, 2.24) is 0 Å². The molecule has 30 heavy (non-hydrogen) atoms. The third kappa shape index (κ3) is 9.03. The van der Waals surface area contributed by atoms with Crippen molar-refractivity contribution in [2.24, 2.45) is 10.1 Å². The molecule has 0 bridgehead atoms. The number of oxime groups is 1. The first-order valence-corrected chi connectivity index (χ1v) is 10.7. The average Bonchev–Trinajstić information content (AvgIpc) is 2.79. The summed E-state index contributed by atoms with van der Waals surface area (Å²) in [6, 6.07) is 14.4. The van der Waals surface area contributed by atoms with Crippen molar-refractivity contribution in [1.29, 1.82) is 0 Å². The lowest BCUT2D eigenvalue weighted by molar-refractivity contribution is 0.101. The first-order chi connectivity index (χ1) is 14.6. The van der Waals surface area contributed by atoms with Crippen molar-refractivity contribution in [3.63, 3.8) is 0 Å². The molecule has 0 aliphatic carbocycles. The molecule has 0 unspecified atom stereocenters. The average molecular weight is 411 g/mol. The fourth-order valence-corrected chi connectivity index (χ4v) is 2.69. The molecule has 0 aromatic heterocycles. The van der Waals surface area contributed by atoms with Crippen LogP contribution in [0.5, 0.6) is 5.75 Å². The van der Waals surface area contributed by atoms with Crippen LogP contribution in [-0.4, -0.2) is 29.6 Å². The maximum Gasteiger partial charge on any atom is 0.198 e. The lowest BCUT2D eigenvalue weighted by atomic mass is 10.1. The van der Waals surface area contributed by atoms with Gasteiger partial charge in [-0.05, 0) is 43.2 Å². The number of carbonyl (C=O) groups is 1. The zero-order chi connectivity index (χ0) is 22.2. The van der Waals surface area contributed by atoms with Crippen LogP contribution < -0.4 is 4.74 Å².